The summed E-state index contributed by atoms with van der Waals surface area (Å²) in [6.45, 7) is 19.8. The smallest absolute Gasteiger partial charge is 1.00 e. The van der Waals surface area contributed by atoms with Crippen LogP contribution in [0.1, 0.15) is 96.9 Å². The first-order valence-corrected chi connectivity index (χ1v) is 14.7. The van der Waals surface area contributed by atoms with Gasteiger partial charge in [0.1, 0.15) is 0 Å². The van der Waals surface area contributed by atoms with Crippen molar-refractivity contribution in [3.8, 4) is 23.0 Å². The van der Waals surface area contributed by atoms with Crippen molar-refractivity contribution >= 4 is 0 Å². The summed E-state index contributed by atoms with van der Waals surface area (Å²) in [4.78, 5) is 0. The van der Waals surface area contributed by atoms with Crippen molar-refractivity contribution in [1.82, 2.24) is 0 Å². The molecule has 0 N–H and O–H groups in total. The summed E-state index contributed by atoms with van der Waals surface area (Å²) in [6.07, 6.45) is 2.05. The van der Waals surface area contributed by atoms with Gasteiger partial charge < -0.3 is 57.6 Å². The Balaban J connectivity index is -0.000000120. The van der Waals surface area contributed by atoms with Gasteiger partial charge in [-0.2, -0.15) is 0 Å². The van der Waals surface area contributed by atoms with Gasteiger partial charge in [-0.05, 0) is 71.8 Å². The monoisotopic (exact) mass is 943 g/mol. The predicted molar refractivity (Wildman–Crippen MR) is 169 cm³/mol. The minimum atomic E-state index is 0. The molecule has 2 unspecified atom stereocenters. The maximum atomic E-state index is 12.2. The summed E-state index contributed by atoms with van der Waals surface area (Å²) in [6, 6.07) is 22.0. The molecule has 0 bridgehead atoms. The van der Waals surface area contributed by atoms with Crippen LogP contribution in [0.25, 0.3) is 0 Å². The van der Waals surface area contributed by atoms with Gasteiger partial charge in [-0.1, -0.05) is 139 Å². The molecule has 0 amide bonds. The topological polar surface area (TPSA) is 92.2 Å². The van der Waals surface area contributed by atoms with E-state index in [4.69, 9.17) is 0 Å². The minimum absolute atomic E-state index is 0. The molecule has 0 radical (unpaired) electrons. The van der Waals surface area contributed by atoms with Crippen molar-refractivity contribution in [2.45, 2.75) is 93.9 Å². The van der Waals surface area contributed by atoms with E-state index in [0.29, 0.717) is 11.8 Å². The van der Waals surface area contributed by atoms with Crippen LogP contribution in [-0.4, -0.2) is 0 Å². The second-order valence-corrected chi connectivity index (χ2v) is 11.1. The molecule has 4 rings (SSSR count). The zero-order valence-corrected chi connectivity index (χ0v) is 39.4. The Hall–Kier alpha value is -0.401. The van der Waals surface area contributed by atoms with Gasteiger partial charge in [0, 0.05) is 0 Å². The van der Waals surface area contributed by atoms with E-state index in [0.717, 1.165) is 57.3 Å². The molecule has 252 valence electrons. The number of para-hydroxylation sites is 1. The van der Waals surface area contributed by atoms with E-state index < -0.39 is 0 Å². The van der Waals surface area contributed by atoms with Crippen LogP contribution >= 0.6 is 0 Å². The standard InChI is InChI=1S/C14H22O.3C8H10O.3ClH.3Zr/c1-5-10(3)12-8-7-9-13(14(12)15)11(4)6-2;1-6-3-4-8(9)7(2)5-6;1-6-3-4-7(2)8(9)5-6;1-6-4-3-5-8(9)7(6)2;;;;;;/h7-11,15H,5-6H2,1-4H3;3*3-5,9H,1-2H3;3*1H;;;/q;;;;;;;3*+4/p-7. The Labute approximate surface area is 366 Å². The average Bonchev–Trinajstić information content (AvgIpc) is 2.96. The van der Waals surface area contributed by atoms with Gasteiger partial charge in [-0.3, -0.25) is 0 Å². The van der Waals surface area contributed by atoms with Crippen LogP contribution in [0.4, 0.5) is 0 Å². The largest absolute Gasteiger partial charge is 4.00 e. The van der Waals surface area contributed by atoms with Crippen LogP contribution in [0.2, 0.25) is 0 Å². The molecule has 0 spiro atoms. The van der Waals surface area contributed by atoms with E-state index in [1.54, 1.807) is 24.3 Å². The normalized spacial score (nSPS) is 10.0. The van der Waals surface area contributed by atoms with Crippen molar-refractivity contribution in [1.29, 1.82) is 0 Å². The fourth-order valence-corrected chi connectivity index (χ4v) is 4.02. The molecule has 10 heteroatoms. The van der Waals surface area contributed by atoms with E-state index in [2.05, 4.69) is 27.7 Å². The Morgan fingerprint density at radius 3 is 1.27 bits per heavy atom. The first kappa shape index (κ1) is 59.7. The van der Waals surface area contributed by atoms with Crippen molar-refractivity contribution in [3.05, 3.63) is 117 Å². The van der Waals surface area contributed by atoms with Crippen LogP contribution in [0.15, 0.2) is 72.8 Å². The van der Waals surface area contributed by atoms with E-state index in [1.165, 1.54) is 0 Å². The molecule has 0 heterocycles. The number of benzene rings is 4. The Bertz CT molecular complexity index is 1320. The summed E-state index contributed by atoms with van der Waals surface area (Å²) in [7, 11) is 0. The van der Waals surface area contributed by atoms with Gasteiger partial charge in [-0.15, -0.1) is 23.0 Å². The van der Waals surface area contributed by atoms with E-state index >= 15 is 0 Å². The summed E-state index contributed by atoms with van der Waals surface area (Å²) >= 11 is 0. The van der Waals surface area contributed by atoms with Crippen LogP contribution in [0.3, 0.4) is 0 Å². The van der Waals surface area contributed by atoms with Crippen LogP contribution in [0.5, 0.6) is 23.0 Å². The molecule has 4 nitrogen and oxygen atoms in total. The average molecular weight is 949 g/mol. The van der Waals surface area contributed by atoms with Crippen molar-refractivity contribution in [2.24, 2.45) is 0 Å². The number of hydrogen-bond donors (Lipinski definition) is 0. The maximum Gasteiger partial charge on any atom is 4.00 e. The van der Waals surface area contributed by atoms with Gasteiger partial charge in [0.25, 0.3) is 0 Å². The molecule has 48 heavy (non-hydrogen) atoms. The molecular weight excluding hydrogens is 900 g/mol. The molecule has 0 aromatic heterocycles. The van der Waals surface area contributed by atoms with Crippen molar-refractivity contribution in [2.75, 3.05) is 0 Å². The molecule has 0 fully saturated rings. The Morgan fingerprint density at radius 1 is 0.479 bits per heavy atom. The first-order chi connectivity index (χ1) is 19.7. The van der Waals surface area contributed by atoms with E-state index in [9.17, 15) is 20.4 Å². The SMILES string of the molecule is CCC(C)c1cccc(C(C)CC)c1[O-].Cc1ccc(C)c([O-])c1.Cc1ccc([O-])c(C)c1.Cc1cccc([O-])c1C.[Cl-].[Cl-].[Cl-].[Zr+4].[Zr+4].[Zr+4]. The summed E-state index contributed by atoms with van der Waals surface area (Å²) in [5.74, 6) is 1.41. The molecule has 4 aromatic carbocycles. The third-order valence-electron chi connectivity index (χ3n) is 7.59. The van der Waals surface area contributed by atoms with Crippen molar-refractivity contribution < 1.29 is 136 Å². The molecule has 0 saturated heterocycles. The predicted octanol–water partition coefficient (Wildman–Crippen LogP) is -1.08. The van der Waals surface area contributed by atoms with Gasteiger partial charge in [0.2, 0.25) is 0 Å². The number of hydrogen-bond acceptors (Lipinski definition) is 4. The minimum Gasteiger partial charge on any atom is -1.00 e. The second-order valence-electron chi connectivity index (χ2n) is 11.1. The zero-order valence-electron chi connectivity index (χ0n) is 29.8. The van der Waals surface area contributed by atoms with Gasteiger partial charge in [0.15, 0.2) is 0 Å². The van der Waals surface area contributed by atoms with Crippen LogP contribution < -0.4 is 57.6 Å². The fraction of sp³-hybridized carbons (Fsp3) is 0.368. The Kier molecular flexibility index (Phi) is 39.0. The fourth-order valence-electron chi connectivity index (χ4n) is 4.02. The van der Waals surface area contributed by atoms with E-state index in [-0.39, 0.29) is 139 Å². The second kappa shape index (κ2) is 31.3. The van der Waals surface area contributed by atoms with Gasteiger partial charge in [-0.25, -0.2) is 0 Å². The molecule has 2 atom stereocenters. The summed E-state index contributed by atoms with van der Waals surface area (Å²) in [5, 5.41) is 44.6. The molecule has 0 aliphatic carbocycles. The van der Waals surface area contributed by atoms with Crippen molar-refractivity contribution in [3.63, 3.8) is 0 Å². The third kappa shape index (κ3) is 21.1. The Morgan fingerprint density at radius 2 is 0.917 bits per heavy atom. The van der Waals surface area contributed by atoms with E-state index in [1.807, 2.05) is 90.1 Å². The maximum absolute atomic E-state index is 12.2. The third-order valence-corrected chi connectivity index (χ3v) is 7.59. The molecule has 4 aromatic rings. The zero-order chi connectivity index (χ0) is 32.0. The molecule has 0 aliphatic heterocycles. The number of aryl methyl sites for hydroxylation is 5. The molecular formula is C38H48Cl3O4Zr3+5. The van der Waals surface area contributed by atoms with Crippen LogP contribution in [-0.2, 0) is 78.6 Å². The molecule has 0 aliphatic rings. The number of rotatable bonds is 4. The van der Waals surface area contributed by atoms with Gasteiger partial charge >= 0.3 is 78.6 Å². The first-order valence-electron chi connectivity index (χ1n) is 14.7. The van der Waals surface area contributed by atoms with Crippen LogP contribution in [0, 0.1) is 41.5 Å². The van der Waals surface area contributed by atoms with Gasteiger partial charge in [0.05, 0.1) is 0 Å². The summed E-state index contributed by atoms with van der Waals surface area (Å²) in [5.41, 5.74) is 7.72. The summed E-state index contributed by atoms with van der Waals surface area (Å²) < 4.78 is 0. The number of halogens is 3. The quantitative estimate of drug-likeness (QED) is 0.261. The molecule has 0 saturated carbocycles.